The van der Waals surface area contributed by atoms with Crippen molar-refractivity contribution in [2.45, 2.75) is 52.1 Å². The van der Waals surface area contributed by atoms with Gasteiger partial charge in [0.1, 0.15) is 0 Å². The highest BCUT2D eigenvalue weighted by molar-refractivity contribution is 5.81. The van der Waals surface area contributed by atoms with Gasteiger partial charge in [-0.25, -0.2) is 0 Å². The van der Waals surface area contributed by atoms with Crippen LogP contribution in [0.2, 0.25) is 0 Å². The van der Waals surface area contributed by atoms with Crippen molar-refractivity contribution in [3.05, 3.63) is 0 Å². The van der Waals surface area contributed by atoms with Gasteiger partial charge < -0.3 is 14.7 Å². The predicted molar refractivity (Wildman–Crippen MR) is 78.9 cm³/mol. The number of aliphatic carboxylic acids is 1. The number of likely N-dealkylation sites (tertiary alicyclic amines) is 1. The lowest BCUT2D eigenvalue weighted by Gasteiger charge is -2.33. The topological polar surface area (TPSA) is 66.8 Å². The molecular weight excluding hydrogens is 270 g/mol. The maximum atomic E-state index is 12.4. The van der Waals surface area contributed by atoms with Crippen molar-refractivity contribution >= 4 is 11.9 Å². The highest BCUT2D eigenvalue weighted by atomic mass is 16.5. The number of hydrogen-bond acceptors (Lipinski definition) is 3. The quantitative estimate of drug-likeness (QED) is 0.844. The molecule has 120 valence electrons. The van der Waals surface area contributed by atoms with Crippen LogP contribution >= 0.6 is 0 Å². The molecule has 0 spiro atoms. The Morgan fingerprint density at radius 1 is 1.14 bits per heavy atom. The zero-order valence-electron chi connectivity index (χ0n) is 13.1. The number of carbonyl (C=O) groups is 2. The molecule has 2 fully saturated rings. The zero-order valence-corrected chi connectivity index (χ0v) is 13.1. The molecular formula is C16H27NO4. The van der Waals surface area contributed by atoms with Gasteiger partial charge in [-0.1, -0.05) is 13.8 Å². The van der Waals surface area contributed by atoms with Gasteiger partial charge in [0, 0.05) is 25.6 Å². The van der Waals surface area contributed by atoms with E-state index in [4.69, 9.17) is 9.84 Å². The molecule has 1 aliphatic heterocycles. The normalized spacial score (nSPS) is 27.3. The third-order valence-corrected chi connectivity index (χ3v) is 4.55. The number of carbonyl (C=O) groups excluding carboxylic acids is 1. The molecule has 2 rings (SSSR count). The third-order valence-electron chi connectivity index (χ3n) is 4.55. The Morgan fingerprint density at radius 3 is 2.29 bits per heavy atom. The maximum Gasteiger partial charge on any atom is 0.306 e. The molecule has 0 radical (unpaired) electrons. The van der Waals surface area contributed by atoms with Crippen molar-refractivity contribution in [3.63, 3.8) is 0 Å². The Morgan fingerprint density at radius 2 is 1.76 bits per heavy atom. The number of ether oxygens (including phenoxy) is 1. The lowest BCUT2D eigenvalue weighted by atomic mass is 10.0. The molecule has 0 aromatic carbocycles. The first-order valence-electron chi connectivity index (χ1n) is 8.10. The van der Waals surface area contributed by atoms with Gasteiger partial charge in [0.15, 0.2) is 0 Å². The highest BCUT2D eigenvalue weighted by Crippen LogP contribution is 2.33. The summed E-state index contributed by atoms with van der Waals surface area (Å²) in [5, 5.41) is 9.02. The van der Waals surface area contributed by atoms with Gasteiger partial charge in [0.2, 0.25) is 5.91 Å². The predicted octanol–water partition coefficient (Wildman–Crippen LogP) is 2.15. The fourth-order valence-electron chi connectivity index (χ4n) is 3.26. The van der Waals surface area contributed by atoms with Gasteiger partial charge in [-0.2, -0.15) is 0 Å². The van der Waals surface area contributed by atoms with Crippen LogP contribution in [0.3, 0.4) is 0 Å². The summed E-state index contributed by atoms with van der Waals surface area (Å²) in [7, 11) is 0. The lowest BCUT2D eigenvalue weighted by molar-refractivity contribution is -0.142. The summed E-state index contributed by atoms with van der Waals surface area (Å²) in [6.07, 6.45) is 3.94. The van der Waals surface area contributed by atoms with Crippen molar-refractivity contribution < 1.29 is 19.4 Å². The van der Waals surface area contributed by atoms with Crippen molar-refractivity contribution in [2.75, 3.05) is 19.7 Å². The van der Waals surface area contributed by atoms with E-state index in [9.17, 15) is 9.59 Å². The van der Waals surface area contributed by atoms with Crippen LogP contribution in [0, 0.1) is 17.8 Å². The van der Waals surface area contributed by atoms with Crippen molar-refractivity contribution in [1.82, 2.24) is 4.90 Å². The molecule has 1 saturated carbocycles. The van der Waals surface area contributed by atoms with Gasteiger partial charge in [-0.05, 0) is 38.0 Å². The third kappa shape index (κ3) is 4.43. The minimum absolute atomic E-state index is 0.0840. The number of piperidine rings is 1. The monoisotopic (exact) mass is 297 g/mol. The van der Waals surface area contributed by atoms with Crippen molar-refractivity contribution in [2.24, 2.45) is 17.8 Å². The minimum atomic E-state index is -0.758. The average Bonchev–Trinajstić information content (AvgIpc) is 2.95. The molecule has 5 heteroatoms. The first-order valence-corrected chi connectivity index (χ1v) is 8.10. The van der Waals surface area contributed by atoms with Crippen LogP contribution in [-0.4, -0.2) is 47.7 Å². The van der Waals surface area contributed by atoms with Crippen LogP contribution in [0.25, 0.3) is 0 Å². The summed E-state index contributed by atoms with van der Waals surface area (Å²) in [6.45, 7) is 6.54. The summed E-state index contributed by atoms with van der Waals surface area (Å²) in [5.41, 5.74) is 0. The van der Waals surface area contributed by atoms with Gasteiger partial charge >= 0.3 is 5.97 Å². The summed E-state index contributed by atoms with van der Waals surface area (Å²) in [5.74, 6) is -0.478. The van der Waals surface area contributed by atoms with Crippen LogP contribution in [0.4, 0.5) is 0 Å². The van der Waals surface area contributed by atoms with E-state index >= 15 is 0 Å². The van der Waals surface area contributed by atoms with Crippen LogP contribution in [0.15, 0.2) is 0 Å². The molecule has 1 saturated heterocycles. The highest BCUT2D eigenvalue weighted by Gasteiger charge is 2.36. The first-order chi connectivity index (χ1) is 9.97. The van der Waals surface area contributed by atoms with E-state index < -0.39 is 5.97 Å². The standard InChI is InChI=1S/C16H27NO4/c1-11(2)10-21-14-5-7-17(8-6-14)15(18)12-3-4-13(9-12)16(19)20/h11-14H,3-10H2,1-2H3,(H,19,20)/t12-,13+/m1/s1. The molecule has 21 heavy (non-hydrogen) atoms. The molecule has 0 unspecified atom stereocenters. The van der Waals surface area contributed by atoms with Crippen molar-refractivity contribution in [3.8, 4) is 0 Å². The maximum absolute atomic E-state index is 12.4. The molecule has 0 bridgehead atoms. The average molecular weight is 297 g/mol. The summed E-state index contributed by atoms with van der Waals surface area (Å²) in [4.78, 5) is 25.3. The Kier molecular flexibility index (Phi) is 5.62. The number of amides is 1. The van der Waals surface area contributed by atoms with E-state index in [0.717, 1.165) is 39.0 Å². The molecule has 5 nitrogen and oxygen atoms in total. The van der Waals surface area contributed by atoms with Crippen LogP contribution in [0.1, 0.15) is 46.0 Å². The Bertz CT molecular complexity index is 374. The van der Waals surface area contributed by atoms with E-state index in [2.05, 4.69) is 13.8 Å². The SMILES string of the molecule is CC(C)COC1CCN(C(=O)[C@@H]2CC[C@H](C(=O)O)C2)CC1. The summed E-state index contributed by atoms with van der Waals surface area (Å²) >= 11 is 0. The minimum Gasteiger partial charge on any atom is -0.481 e. The van der Waals surface area contributed by atoms with E-state index in [0.29, 0.717) is 18.8 Å². The number of carboxylic acids is 1. The van der Waals surface area contributed by atoms with Crippen LogP contribution < -0.4 is 0 Å². The Labute approximate surface area is 126 Å². The Hall–Kier alpha value is -1.10. The summed E-state index contributed by atoms with van der Waals surface area (Å²) < 4.78 is 5.83. The largest absolute Gasteiger partial charge is 0.481 e. The van der Waals surface area contributed by atoms with Crippen LogP contribution in [-0.2, 0) is 14.3 Å². The van der Waals surface area contributed by atoms with Gasteiger partial charge in [0.05, 0.1) is 12.0 Å². The molecule has 1 aliphatic carbocycles. The second kappa shape index (κ2) is 7.25. The molecule has 2 aliphatic rings. The van der Waals surface area contributed by atoms with E-state index in [1.54, 1.807) is 0 Å². The summed E-state index contributed by atoms with van der Waals surface area (Å²) in [6, 6.07) is 0. The van der Waals surface area contributed by atoms with E-state index in [-0.39, 0.29) is 23.8 Å². The fourth-order valence-corrected chi connectivity index (χ4v) is 3.26. The first kappa shape index (κ1) is 16.3. The van der Waals surface area contributed by atoms with E-state index in [1.807, 2.05) is 4.90 Å². The van der Waals surface area contributed by atoms with Crippen molar-refractivity contribution in [1.29, 1.82) is 0 Å². The fraction of sp³-hybridized carbons (Fsp3) is 0.875. The Balaban J connectivity index is 1.75. The second-order valence-corrected chi connectivity index (χ2v) is 6.80. The molecule has 2 atom stereocenters. The number of hydrogen-bond donors (Lipinski definition) is 1. The van der Waals surface area contributed by atoms with Gasteiger partial charge in [0.25, 0.3) is 0 Å². The van der Waals surface area contributed by atoms with Gasteiger partial charge in [-0.3, -0.25) is 9.59 Å². The van der Waals surface area contributed by atoms with Crippen LogP contribution in [0.5, 0.6) is 0 Å². The van der Waals surface area contributed by atoms with Gasteiger partial charge in [-0.15, -0.1) is 0 Å². The zero-order chi connectivity index (χ0) is 15.4. The molecule has 1 N–H and O–H groups in total. The van der Waals surface area contributed by atoms with E-state index in [1.165, 1.54) is 0 Å². The number of rotatable bonds is 5. The molecule has 1 amide bonds. The molecule has 0 aromatic heterocycles. The molecule has 0 aromatic rings. The lowest BCUT2D eigenvalue weighted by Crippen LogP contribution is -2.43. The second-order valence-electron chi connectivity index (χ2n) is 6.80. The molecule has 1 heterocycles. The smallest absolute Gasteiger partial charge is 0.306 e. The number of carboxylic acid groups (broad SMARTS) is 1. The number of nitrogens with zero attached hydrogens (tertiary/aromatic N) is 1.